The molecule has 0 saturated heterocycles. The first kappa shape index (κ1) is 7.49. The van der Waals surface area contributed by atoms with Crippen LogP contribution < -0.4 is 5.32 Å². The van der Waals surface area contributed by atoms with Gasteiger partial charge in [0.05, 0.1) is 11.9 Å². The quantitative estimate of drug-likeness (QED) is 0.451. The van der Waals surface area contributed by atoms with E-state index in [1.54, 1.807) is 0 Å². The molecule has 0 aromatic heterocycles. The van der Waals surface area contributed by atoms with Gasteiger partial charge in [-0.25, -0.2) is 4.40 Å². The molecular weight excluding hydrogens is 124 g/mol. The molecule has 0 heterocycles. The molecule has 0 spiro atoms. The molecule has 0 rings (SSSR count). The number of amides is 1. The van der Waals surface area contributed by atoms with Gasteiger partial charge in [-0.15, -0.1) is 0 Å². The smallest absolute Gasteiger partial charge is 0.301 e. The van der Waals surface area contributed by atoms with Crippen molar-refractivity contribution in [2.45, 2.75) is 6.92 Å². The summed E-state index contributed by atoms with van der Waals surface area (Å²) in [5.74, 6) is 0. The van der Waals surface area contributed by atoms with Gasteiger partial charge in [0.15, 0.2) is 0 Å². The Morgan fingerprint density at radius 1 is 2.00 bits per heavy atom. The fourth-order valence-electron chi connectivity index (χ4n) is 0.235. The zero-order chi connectivity index (χ0) is 6.41. The number of carbonyl (C=O) groups is 1. The Balaban J connectivity index is 3.18. The lowest BCUT2D eigenvalue weighted by atomic mass is 10.8. The van der Waals surface area contributed by atoms with Crippen LogP contribution in [0.1, 0.15) is 6.92 Å². The van der Waals surface area contributed by atoms with Gasteiger partial charge in [0.2, 0.25) is 0 Å². The molecule has 0 aliphatic heterocycles. The predicted molar refractivity (Wildman–Crippen MR) is 36.2 cm³/mol. The zero-order valence-corrected chi connectivity index (χ0v) is 5.49. The van der Waals surface area contributed by atoms with Crippen LogP contribution in [0.2, 0.25) is 0 Å². The molecule has 0 aliphatic rings. The van der Waals surface area contributed by atoms with Gasteiger partial charge >= 0.3 is 5.24 Å². The first-order valence-corrected chi connectivity index (χ1v) is 2.99. The lowest BCUT2D eigenvalue weighted by Crippen LogP contribution is -2.16. The SMILES string of the molecule is C=NSC(=O)NCC. The van der Waals surface area contributed by atoms with Crippen molar-refractivity contribution >= 4 is 23.9 Å². The summed E-state index contributed by atoms with van der Waals surface area (Å²) in [5.41, 5.74) is 0. The molecule has 0 fully saturated rings. The van der Waals surface area contributed by atoms with Gasteiger partial charge in [0.1, 0.15) is 0 Å². The number of nitrogens with one attached hydrogen (secondary N) is 1. The maximum atomic E-state index is 10.4. The standard InChI is InChI=1S/C4H8N2OS/c1-3-6-4(7)8-5-2/h2-3H2,1H3,(H,6,7). The molecule has 0 saturated carbocycles. The Morgan fingerprint density at radius 3 is 3.00 bits per heavy atom. The third kappa shape index (κ3) is 3.67. The lowest BCUT2D eigenvalue weighted by molar-refractivity contribution is 0.261. The van der Waals surface area contributed by atoms with Gasteiger partial charge < -0.3 is 5.32 Å². The van der Waals surface area contributed by atoms with Gasteiger partial charge in [-0.2, -0.15) is 0 Å². The molecule has 0 bridgehead atoms. The van der Waals surface area contributed by atoms with Crippen LogP contribution in [-0.2, 0) is 0 Å². The van der Waals surface area contributed by atoms with Crippen molar-refractivity contribution < 1.29 is 4.79 Å². The van der Waals surface area contributed by atoms with Gasteiger partial charge in [0.25, 0.3) is 0 Å². The molecule has 0 aliphatic carbocycles. The van der Waals surface area contributed by atoms with Crippen LogP contribution >= 0.6 is 11.9 Å². The Labute approximate surface area is 52.7 Å². The van der Waals surface area contributed by atoms with Crippen molar-refractivity contribution in [1.82, 2.24) is 5.32 Å². The van der Waals surface area contributed by atoms with Crippen LogP contribution in [-0.4, -0.2) is 18.5 Å². The predicted octanol–water partition coefficient (Wildman–Crippen LogP) is 1.06. The number of rotatable bonds is 2. The second-order valence-electron chi connectivity index (χ2n) is 1.04. The van der Waals surface area contributed by atoms with Crippen molar-refractivity contribution in [2.24, 2.45) is 4.40 Å². The van der Waals surface area contributed by atoms with E-state index in [9.17, 15) is 4.79 Å². The van der Waals surface area contributed by atoms with Crippen molar-refractivity contribution in [3.05, 3.63) is 0 Å². The first-order chi connectivity index (χ1) is 3.81. The maximum Gasteiger partial charge on any atom is 0.301 e. The van der Waals surface area contributed by atoms with E-state index in [2.05, 4.69) is 16.4 Å². The highest BCUT2D eigenvalue weighted by Crippen LogP contribution is 1.98. The third-order valence-electron chi connectivity index (χ3n) is 0.469. The normalized spacial score (nSPS) is 8.12. The molecule has 46 valence electrons. The van der Waals surface area contributed by atoms with Crippen LogP contribution in [0.25, 0.3) is 0 Å². The summed E-state index contributed by atoms with van der Waals surface area (Å²) >= 11 is 0.820. The second-order valence-corrected chi connectivity index (χ2v) is 1.85. The molecule has 0 unspecified atom stereocenters. The van der Waals surface area contributed by atoms with Gasteiger partial charge in [-0.05, 0) is 13.6 Å². The summed E-state index contributed by atoms with van der Waals surface area (Å²) in [4.78, 5) is 10.4. The largest absolute Gasteiger partial charge is 0.346 e. The molecular formula is C4H8N2OS. The van der Waals surface area contributed by atoms with Crippen LogP contribution in [0.3, 0.4) is 0 Å². The minimum Gasteiger partial charge on any atom is -0.346 e. The van der Waals surface area contributed by atoms with Crippen molar-refractivity contribution in [3.8, 4) is 0 Å². The summed E-state index contributed by atoms with van der Waals surface area (Å²) in [6.07, 6.45) is 0. The fraction of sp³-hybridized carbons (Fsp3) is 0.500. The monoisotopic (exact) mass is 132 g/mol. The molecule has 0 aromatic rings. The Morgan fingerprint density at radius 2 is 2.62 bits per heavy atom. The van der Waals surface area contributed by atoms with E-state index in [0.717, 1.165) is 11.9 Å². The minimum absolute atomic E-state index is 0.150. The first-order valence-electron chi connectivity index (χ1n) is 2.22. The highest BCUT2D eigenvalue weighted by atomic mass is 32.2. The summed E-state index contributed by atoms with van der Waals surface area (Å²) in [5, 5.41) is 2.39. The summed E-state index contributed by atoms with van der Waals surface area (Å²) in [7, 11) is 0. The van der Waals surface area contributed by atoms with E-state index in [4.69, 9.17) is 0 Å². The average molecular weight is 132 g/mol. The Hall–Kier alpha value is -0.510. The Bertz CT molecular complexity index is 94.0. The topological polar surface area (TPSA) is 41.5 Å². The van der Waals surface area contributed by atoms with Crippen molar-refractivity contribution in [3.63, 3.8) is 0 Å². The van der Waals surface area contributed by atoms with Crippen molar-refractivity contribution in [1.29, 1.82) is 0 Å². The van der Waals surface area contributed by atoms with E-state index in [0.29, 0.717) is 6.54 Å². The highest BCUT2D eigenvalue weighted by molar-refractivity contribution is 8.12. The average Bonchev–Trinajstić information content (AvgIpc) is 1.68. The highest BCUT2D eigenvalue weighted by Gasteiger charge is 1.93. The van der Waals surface area contributed by atoms with Gasteiger partial charge in [-0.1, -0.05) is 0 Å². The van der Waals surface area contributed by atoms with E-state index >= 15 is 0 Å². The van der Waals surface area contributed by atoms with Crippen LogP contribution in [0.5, 0.6) is 0 Å². The molecule has 0 radical (unpaired) electrons. The Kier molecular flexibility index (Phi) is 4.35. The molecule has 3 nitrogen and oxygen atoms in total. The van der Waals surface area contributed by atoms with Crippen LogP contribution in [0.15, 0.2) is 4.40 Å². The third-order valence-corrected chi connectivity index (χ3v) is 0.908. The molecule has 0 aromatic carbocycles. The van der Waals surface area contributed by atoms with E-state index < -0.39 is 0 Å². The number of nitrogens with zero attached hydrogens (tertiary/aromatic N) is 1. The van der Waals surface area contributed by atoms with Gasteiger partial charge in [-0.3, -0.25) is 4.79 Å². The maximum absolute atomic E-state index is 10.4. The lowest BCUT2D eigenvalue weighted by Gasteiger charge is -1.92. The number of hydrogen-bond acceptors (Lipinski definition) is 3. The second kappa shape index (κ2) is 4.64. The van der Waals surface area contributed by atoms with E-state index in [-0.39, 0.29) is 5.24 Å². The van der Waals surface area contributed by atoms with E-state index in [1.165, 1.54) is 0 Å². The van der Waals surface area contributed by atoms with Gasteiger partial charge in [0, 0.05) is 6.54 Å². The summed E-state index contributed by atoms with van der Waals surface area (Å²) < 4.78 is 3.31. The summed E-state index contributed by atoms with van der Waals surface area (Å²) in [6, 6.07) is 0. The minimum atomic E-state index is -0.150. The fourth-order valence-corrected chi connectivity index (χ4v) is 0.561. The summed E-state index contributed by atoms with van der Waals surface area (Å²) in [6.45, 7) is 5.62. The molecule has 0 atom stereocenters. The molecule has 1 N–H and O–H groups in total. The van der Waals surface area contributed by atoms with Crippen LogP contribution in [0.4, 0.5) is 4.79 Å². The number of hydrogen-bond donors (Lipinski definition) is 1. The number of carbonyl (C=O) groups excluding carboxylic acids is 1. The van der Waals surface area contributed by atoms with Crippen molar-refractivity contribution in [2.75, 3.05) is 6.54 Å². The van der Waals surface area contributed by atoms with E-state index in [1.807, 2.05) is 6.92 Å². The zero-order valence-electron chi connectivity index (χ0n) is 4.68. The molecule has 1 amide bonds. The molecule has 4 heteroatoms. The molecule has 8 heavy (non-hydrogen) atoms. The van der Waals surface area contributed by atoms with Crippen LogP contribution in [0, 0.1) is 0 Å².